The number of carbonyl (C=O) groups excluding carboxylic acids is 1. The van der Waals surface area contributed by atoms with Gasteiger partial charge >= 0.3 is 0 Å². The quantitative estimate of drug-likeness (QED) is 0.743. The number of hydrogen-bond donors (Lipinski definition) is 1. The van der Waals surface area contributed by atoms with Crippen molar-refractivity contribution in [1.82, 2.24) is 10.2 Å². The molecule has 0 aromatic heterocycles. The fraction of sp³-hybridized carbons (Fsp3) is 0.923. The van der Waals surface area contributed by atoms with Crippen molar-refractivity contribution < 1.29 is 9.53 Å². The number of ether oxygens (including phenoxy) is 1. The summed E-state index contributed by atoms with van der Waals surface area (Å²) >= 11 is 0. The van der Waals surface area contributed by atoms with Gasteiger partial charge in [-0.15, -0.1) is 0 Å². The van der Waals surface area contributed by atoms with E-state index >= 15 is 0 Å². The lowest BCUT2D eigenvalue weighted by Gasteiger charge is -2.49. The molecule has 0 atom stereocenters. The summed E-state index contributed by atoms with van der Waals surface area (Å²) in [5.74, 6) is 0. The van der Waals surface area contributed by atoms with Crippen molar-refractivity contribution in [3.63, 3.8) is 0 Å². The van der Waals surface area contributed by atoms with Gasteiger partial charge in [-0.05, 0) is 45.1 Å². The van der Waals surface area contributed by atoms with E-state index in [4.69, 9.17) is 4.74 Å². The molecule has 2 heterocycles. The first kappa shape index (κ1) is 11.5. The average molecular weight is 238 g/mol. The van der Waals surface area contributed by atoms with E-state index in [2.05, 4.69) is 10.2 Å². The Morgan fingerprint density at radius 2 is 2.00 bits per heavy atom. The molecule has 0 aromatic rings. The number of nitrogens with one attached hydrogen (secondary N) is 1. The third-order valence-corrected chi connectivity index (χ3v) is 4.93. The number of amides is 1. The van der Waals surface area contributed by atoms with Crippen molar-refractivity contribution in [2.75, 3.05) is 19.8 Å². The van der Waals surface area contributed by atoms with E-state index < -0.39 is 0 Å². The first-order chi connectivity index (χ1) is 8.34. The predicted octanol–water partition coefficient (Wildman–Crippen LogP) is 0.908. The predicted molar refractivity (Wildman–Crippen MR) is 64.7 cm³/mol. The first-order valence-corrected chi connectivity index (χ1v) is 6.88. The lowest BCUT2D eigenvalue weighted by atomic mass is 9.77. The van der Waals surface area contributed by atoms with E-state index in [1.54, 1.807) is 0 Å². The normalized spacial score (nSPS) is 39.2. The van der Waals surface area contributed by atoms with Crippen LogP contribution in [-0.4, -0.2) is 48.7 Å². The average Bonchev–Trinajstić information content (AvgIpc) is 2.64. The molecule has 2 saturated heterocycles. The Balaban J connectivity index is 1.63. The van der Waals surface area contributed by atoms with Crippen molar-refractivity contribution >= 4 is 6.41 Å². The van der Waals surface area contributed by atoms with Crippen LogP contribution in [-0.2, 0) is 9.53 Å². The Bertz CT molecular complexity index is 283. The van der Waals surface area contributed by atoms with Gasteiger partial charge in [-0.3, -0.25) is 9.69 Å². The number of carbonyl (C=O) groups is 1. The number of likely N-dealkylation sites (tertiary alicyclic amines) is 1. The molecule has 17 heavy (non-hydrogen) atoms. The van der Waals surface area contributed by atoms with E-state index in [1.807, 2.05) is 0 Å². The van der Waals surface area contributed by atoms with E-state index in [-0.39, 0.29) is 0 Å². The second-order valence-corrected chi connectivity index (χ2v) is 5.77. The molecular formula is C13H22N2O2. The van der Waals surface area contributed by atoms with E-state index in [9.17, 15) is 4.79 Å². The Kier molecular flexibility index (Phi) is 3.09. The van der Waals surface area contributed by atoms with Gasteiger partial charge in [-0.1, -0.05) is 0 Å². The Labute approximate surface area is 103 Å². The minimum atomic E-state index is 0.415. The van der Waals surface area contributed by atoms with Gasteiger partial charge in [0.15, 0.2) is 0 Å². The zero-order chi connectivity index (χ0) is 11.7. The van der Waals surface area contributed by atoms with Gasteiger partial charge in [0.05, 0.1) is 19.3 Å². The van der Waals surface area contributed by atoms with Gasteiger partial charge < -0.3 is 10.1 Å². The monoisotopic (exact) mass is 238 g/mol. The molecular weight excluding hydrogens is 216 g/mol. The molecule has 1 amide bonds. The van der Waals surface area contributed by atoms with Gasteiger partial charge in [-0.25, -0.2) is 0 Å². The van der Waals surface area contributed by atoms with Gasteiger partial charge in [0.2, 0.25) is 6.41 Å². The lowest BCUT2D eigenvalue weighted by molar-refractivity contribution is -0.111. The second kappa shape index (κ2) is 4.58. The van der Waals surface area contributed by atoms with Crippen LogP contribution in [0.2, 0.25) is 0 Å². The third kappa shape index (κ3) is 1.97. The molecule has 1 aliphatic carbocycles. The van der Waals surface area contributed by atoms with Crippen molar-refractivity contribution in [2.45, 2.75) is 56.1 Å². The molecule has 0 aromatic carbocycles. The van der Waals surface area contributed by atoms with Crippen LogP contribution in [0, 0.1) is 0 Å². The largest absolute Gasteiger partial charge is 0.378 e. The van der Waals surface area contributed by atoms with Crippen LogP contribution in [0.25, 0.3) is 0 Å². The van der Waals surface area contributed by atoms with Gasteiger partial charge in [0.25, 0.3) is 0 Å². The zero-order valence-electron chi connectivity index (χ0n) is 10.4. The number of nitrogens with zero attached hydrogens (tertiary/aromatic N) is 1. The van der Waals surface area contributed by atoms with Crippen molar-refractivity contribution in [3.05, 3.63) is 0 Å². The van der Waals surface area contributed by atoms with Crippen molar-refractivity contribution in [1.29, 1.82) is 0 Å². The summed E-state index contributed by atoms with van der Waals surface area (Å²) in [4.78, 5) is 13.2. The molecule has 0 radical (unpaired) electrons. The van der Waals surface area contributed by atoms with Crippen LogP contribution in [0.5, 0.6) is 0 Å². The van der Waals surface area contributed by atoms with Crippen LogP contribution < -0.4 is 5.32 Å². The summed E-state index contributed by atoms with van der Waals surface area (Å²) in [6.45, 7) is 3.11. The van der Waals surface area contributed by atoms with Crippen molar-refractivity contribution in [3.8, 4) is 0 Å². The van der Waals surface area contributed by atoms with Crippen LogP contribution in [0.4, 0.5) is 0 Å². The minimum Gasteiger partial charge on any atom is -0.378 e. The summed E-state index contributed by atoms with van der Waals surface area (Å²) in [7, 11) is 0. The lowest BCUT2D eigenvalue weighted by Crippen LogP contribution is -2.58. The highest BCUT2D eigenvalue weighted by Crippen LogP contribution is 2.43. The molecule has 1 spiro atoms. The highest BCUT2D eigenvalue weighted by atomic mass is 16.5. The topological polar surface area (TPSA) is 41.6 Å². The smallest absolute Gasteiger partial charge is 0.207 e. The zero-order valence-corrected chi connectivity index (χ0v) is 10.4. The Hall–Kier alpha value is -0.610. The van der Waals surface area contributed by atoms with Crippen LogP contribution in [0.3, 0.4) is 0 Å². The standard InChI is InChI=1S/C13H22N2O2/c16-10-14-11-2-5-13(6-3-11)4-1-7-15(13)12-8-17-9-12/h10-12H,1-9H2,(H,14,16). The summed E-state index contributed by atoms with van der Waals surface area (Å²) in [5, 5.41) is 2.94. The third-order valence-electron chi connectivity index (χ3n) is 4.93. The molecule has 0 bridgehead atoms. The molecule has 4 heteroatoms. The Morgan fingerprint density at radius 3 is 2.59 bits per heavy atom. The van der Waals surface area contributed by atoms with Crippen molar-refractivity contribution in [2.24, 2.45) is 0 Å². The summed E-state index contributed by atoms with van der Waals surface area (Å²) in [6.07, 6.45) is 8.31. The van der Waals surface area contributed by atoms with Gasteiger partial charge in [-0.2, -0.15) is 0 Å². The van der Waals surface area contributed by atoms with Crippen LogP contribution in [0.1, 0.15) is 38.5 Å². The highest BCUT2D eigenvalue weighted by Gasteiger charge is 2.47. The highest BCUT2D eigenvalue weighted by molar-refractivity contribution is 5.46. The molecule has 1 saturated carbocycles. The first-order valence-electron chi connectivity index (χ1n) is 6.88. The molecule has 3 rings (SSSR count). The molecule has 3 aliphatic rings. The minimum absolute atomic E-state index is 0.415. The summed E-state index contributed by atoms with van der Waals surface area (Å²) in [6, 6.07) is 1.09. The van der Waals surface area contributed by atoms with E-state index in [0.717, 1.165) is 32.5 Å². The number of hydrogen-bond acceptors (Lipinski definition) is 3. The molecule has 2 aliphatic heterocycles. The number of rotatable bonds is 3. The molecule has 1 N–H and O–H groups in total. The van der Waals surface area contributed by atoms with Crippen LogP contribution in [0.15, 0.2) is 0 Å². The summed E-state index contributed by atoms with van der Waals surface area (Å²) < 4.78 is 5.34. The second-order valence-electron chi connectivity index (χ2n) is 5.77. The van der Waals surface area contributed by atoms with Crippen LogP contribution >= 0.6 is 0 Å². The van der Waals surface area contributed by atoms with Gasteiger partial charge in [0.1, 0.15) is 0 Å². The molecule has 96 valence electrons. The Morgan fingerprint density at radius 1 is 1.24 bits per heavy atom. The van der Waals surface area contributed by atoms with E-state index in [1.165, 1.54) is 32.2 Å². The SMILES string of the molecule is O=CNC1CCC2(CCCN2C2COC2)CC1. The van der Waals surface area contributed by atoms with E-state index in [0.29, 0.717) is 17.6 Å². The molecule has 0 unspecified atom stereocenters. The maximum Gasteiger partial charge on any atom is 0.207 e. The maximum absolute atomic E-state index is 10.5. The maximum atomic E-state index is 10.5. The molecule has 4 nitrogen and oxygen atoms in total. The fourth-order valence-electron chi connectivity index (χ4n) is 3.89. The van der Waals surface area contributed by atoms with Gasteiger partial charge in [0, 0.05) is 11.6 Å². The fourth-order valence-corrected chi connectivity index (χ4v) is 3.89. The summed E-state index contributed by atoms with van der Waals surface area (Å²) in [5.41, 5.74) is 0.440. The molecule has 3 fully saturated rings.